The zero-order valence-corrected chi connectivity index (χ0v) is 19.0. The summed E-state index contributed by atoms with van der Waals surface area (Å²) in [4.78, 5) is 20.1. The average molecular weight is 455 g/mol. The average Bonchev–Trinajstić information content (AvgIpc) is 2.43. The molecule has 0 saturated carbocycles. The standard InChI is InChI=1S/C17H37N5O.HI/c1-13(2)11-19-17(20-12-16(23)21(7)8)18-9-10-22(14(3)4)15(5)6;/h13-15H,9-12H2,1-8H3,(H2,18,19,20);1H. The molecule has 0 aromatic rings. The van der Waals surface area contributed by atoms with Crippen molar-refractivity contribution in [3.05, 3.63) is 0 Å². The monoisotopic (exact) mass is 455 g/mol. The minimum atomic E-state index is 0. The summed E-state index contributed by atoms with van der Waals surface area (Å²) in [5.74, 6) is 1.23. The Bertz CT molecular complexity index is 362. The largest absolute Gasteiger partial charge is 0.356 e. The smallest absolute Gasteiger partial charge is 0.243 e. The molecule has 0 aromatic carbocycles. The summed E-state index contributed by atoms with van der Waals surface area (Å²) in [5.41, 5.74) is 0. The normalized spacial score (nSPS) is 11.9. The number of nitrogens with zero attached hydrogens (tertiary/aromatic N) is 3. The van der Waals surface area contributed by atoms with Crippen molar-refractivity contribution in [2.24, 2.45) is 10.9 Å². The summed E-state index contributed by atoms with van der Waals surface area (Å²) in [6, 6.07) is 1.02. The number of hydrogen-bond acceptors (Lipinski definition) is 3. The van der Waals surface area contributed by atoms with Crippen molar-refractivity contribution in [2.75, 3.05) is 40.3 Å². The fraction of sp³-hybridized carbons (Fsp3) is 0.882. The molecule has 24 heavy (non-hydrogen) atoms. The molecular formula is C17H38IN5O. The Balaban J connectivity index is 0. The number of guanidine groups is 1. The van der Waals surface area contributed by atoms with Crippen molar-refractivity contribution in [1.82, 2.24) is 20.4 Å². The molecule has 7 heteroatoms. The van der Waals surface area contributed by atoms with Crippen molar-refractivity contribution in [3.8, 4) is 0 Å². The summed E-state index contributed by atoms with van der Waals surface area (Å²) in [5, 5.41) is 6.63. The lowest BCUT2D eigenvalue weighted by molar-refractivity contribution is -0.127. The number of carbonyl (C=O) groups excluding carboxylic acids is 1. The highest BCUT2D eigenvalue weighted by Crippen LogP contribution is 2.03. The number of hydrogen-bond donors (Lipinski definition) is 2. The predicted octanol–water partition coefficient (Wildman–Crippen LogP) is 2.00. The van der Waals surface area contributed by atoms with Gasteiger partial charge in [-0.3, -0.25) is 9.69 Å². The zero-order valence-electron chi connectivity index (χ0n) is 16.7. The third-order valence-electron chi connectivity index (χ3n) is 3.54. The molecule has 0 unspecified atom stereocenters. The molecule has 144 valence electrons. The SMILES string of the molecule is CC(C)CNC(=NCC(=O)N(C)C)NCCN(C(C)C)C(C)C.I. The summed E-state index contributed by atoms with van der Waals surface area (Å²) < 4.78 is 0. The first-order chi connectivity index (χ1) is 10.6. The van der Waals surface area contributed by atoms with Crippen LogP contribution in [0.3, 0.4) is 0 Å². The van der Waals surface area contributed by atoms with Crippen molar-refractivity contribution in [1.29, 1.82) is 0 Å². The lowest BCUT2D eigenvalue weighted by Gasteiger charge is -2.30. The van der Waals surface area contributed by atoms with Crippen LogP contribution >= 0.6 is 24.0 Å². The molecule has 6 nitrogen and oxygen atoms in total. The van der Waals surface area contributed by atoms with Crippen LogP contribution in [0.2, 0.25) is 0 Å². The Kier molecular flexibility index (Phi) is 14.6. The summed E-state index contributed by atoms with van der Waals surface area (Å²) in [6.07, 6.45) is 0. The maximum atomic E-state index is 11.7. The molecule has 2 N–H and O–H groups in total. The van der Waals surface area contributed by atoms with Crippen LogP contribution in [-0.2, 0) is 4.79 Å². The molecule has 0 fully saturated rings. The van der Waals surface area contributed by atoms with Gasteiger partial charge in [-0.05, 0) is 33.6 Å². The lowest BCUT2D eigenvalue weighted by atomic mass is 10.2. The van der Waals surface area contributed by atoms with E-state index in [1.807, 2.05) is 0 Å². The van der Waals surface area contributed by atoms with Crippen molar-refractivity contribution < 1.29 is 4.79 Å². The van der Waals surface area contributed by atoms with Crippen LogP contribution in [0.1, 0.15) is 41.5 Å². The Morgan fingerprint density at radius 2 is 1.54 bits per heavy atom. The zero-order chi connectivity index (χ0) is 18.0. The van der Waals surface area contributed by atoms with Crippen LogP contribution in [0, 0.1) is 5.92 Å². The van der Waals surface area contributed by atoms with E-state index in [1.54, 1.807) is 19.0 Å². The van der Waals surface area contributed by atoms with Gasteiger partial charge in [-0.15, -0.1) is 24.0 Å². The van der Waals surface area contributed by atoms with Crippen LogP contribution < -0.4 is 10.6 Å². The fourth-order valence-electron chi connectivity index (χ4n) is 2.18. The number of amides is 1. The van der Waals surface area contributed by atoms with Crippen LogP contribution in [0.4, 0.5) is 0 Å². The van der Waals surface area contributed by atoms with Crippen LogP contribution in [0.15, 0.2) is 4.99 Å². The first kappa shape index (κ1) is 25.7. The molecule has 0 atom stereocenters. The Morgan fingerprint density at radius 1 is 1.00 bits per heavy atom. The predicted molar refractivity (Wildman–Crippen MR) is 114 cm³/mol. The fourth-order valence-corrected chi connectivity index (χ4v) is 2.18. The van der Waals surface area contributed by atoms with E-state index >= 15 is 0 Å². The van der Waals surface area contributed by atoms with E-state index in [4.69, 9.17) is 0 Å². The third kappa shape index (κ3) is 11.9. The van der Waals surface area contributed by atoms with Crippen LogP contribution in [0.25, 0.3) is 0 Å². The maximum Gasteiger partial charge on any atom is 0.243 e. The van der Waals surface area contributed by atoms with Gasteiger partial charge >= 0.3 is 0 Å². The lowest BCUT2D eigenvalue weighted by Crippen LogP contribution is -2.46. The van der Waals surface area contributed by atoms with E-state index in [2.05, 4.69) is 62.1 Å². The van der Waals surface area contributed by atoms with Gasteiger partial charge in [-0.25, -0.2) is 4.99 Å². The quantitative estimate of drug-likeness (QED) is 0.317. The number of halogens is 1. The summed E-state index contributed by atoms with van der Waals surface area (Å²) in [7, 11) is 3.49. The highest BCUT2D eigenvalue weighted by molar-refractivity contribution is 14.0. The number of nitrogens with one attached hydrogen (secondary N) is 2. The molecule has 0 radical (unpaired) electrons. The minimum absolute atomic E-state index is 0. The van der Waals surface area contributed by atoms with E-state index in [0.29, 0.717) is 24.0 Å². The first-order valence-electron chi connectivity index (χ1n) is 8.63. The van der Waals surface area contributed by atoms with Crippen molar-refractivity contribution in [2.45, 2.75) is 53.6 Å². The van der Waals surface area contributed by atoms with E-state index in [9.17, 15) is 4.79 Å². The molecular weight excluding hydrogens is 417 g/mol. The van der Waals surface area contributed by atoms with Gasteiger partial charge in [0.15, 0.2) is 5.96 Å². The van der Waals surface area contributed by atoms with E-state index in [0.717, 1.165) is 19.6 Å². The Labute approximate surface area is 165 Å². The summed E-state index contributed by atoms with van der Waals surface area (Å²) in [6.45, 7) is 15.9. The van der Waals surface area contributed by atoms with Gasteiger partial charge in [0.25, 0.3) is 0 Å². The number of likely N-dealkylation sites (N-methyl/N-ethyl adjacent to an activating group) is 1. The van der Waals surface area contributed by atoms with Gasteiger partial charge in [-0.1, -0.05) is 13.8 Å². The second-order valence-corrected chi connectivity index (χ2v) is 7.08. The topological polar surface area (TPSA) is 60.0 Å². The molecule has 0 rings (SSSR count). The van der Waals surface area contributed by atoms with Crippen molar-refractivity contribution >= 4 is 35.8 Å². The van der Waals surface area contributed by atoms with E-state index in [-0.39, 0.29) is 36.4 Å². The highest BCUT2D eigenvalue weighted by atomic mass is 127. The maximum absolute atomic E-state index is 11.7. The molecule has 0 aliphatic carbocycles. The number of rotatable bonds is 9. The molecule has 1 amide bonds. The van der Waals surface area contributed by atoms with Gasteiger partial charge in [0, 0.05) is 45.8 Å². The molecule has 0 aromatic heterocycles. The van der Waals surface area contributed by atoms with Crippen molar-refractivity contribution in [3.63, 3.8) is 0 Å². The highest BCUT2D eigenvalue weighted by Gasteiger charge is 2.13. The van der Waals surface area contributed by atoms with E-state index in [1.165, 1.54) is 0 Å². The van der Waals surface area contributed by atoms with Gasteiger partial charge in [0.2, 0.25) is 5.91 Å². The molecule has 0 aliphatic rings. The second kappa shape index (κ2) is 13.7. The molecule has 0 aliphatic heterocycles. The van der Waals surface area contributed by atoms with Gasteiger partial charge in [0.1, 0.15) is 6.54 Å². The first-order valence-corrected chi connectivity index (χ1v) is 8.63. The Hall–Kier alpha value is -0.570. The van der Waals surface area contributed by atoms with E-state index < -0.39 is 0 Å². The minimum Gasteiger partial charge on any atom is -0.356 e. The van der Waals surface area contributed by atoms with Crippen LogP contribution in [-0.4, -0.2) is 74.0 Å². The second-order valence-electron chi connectivity index (χ2n) is 7.08. The van der Waals surface area contributed by atoms with Gasteiger partial charge in [-0.2, -0.15) is 0 Å². The van der Waals surface area contributed by atoms with Crippen LogP contribution in [0.5, 0.6) is 0 Å². The summed E-state index contributed by atoms with van der Waals surface area (Å²) >= 11 is 0. The van der Waals surface area contributed by atoms with Gasteiger partial charge in [0.05, 0.1) is 0 Å². The molecule has 0 saturated heterocycles. The molecule has 0 spiro atoms. The Morgan fingerprint density at radius 3 is 1.96 bits per heavy atom. The third-order valence-corrected chi connectivity index (χ3v) is 3.54. The van der Waals surface area contributed by atoms with Gasteiger partial charge < -0.3 is 15.5 Å². The number of carbonyl (C=O) groups is 1. The molecule has 0 bridgehead atoms. The molecule has 0 heterocycles. The number of aliphatic imine (C=N–C) groups is 1.